The lowest BCUT2D eigenvalue weighted by Gasteiger charge is -2.23. The van der Waals surface area contributed by atoms with Crippen molar-refractivity contribution in [1.29, 1.82) is 0 Å². The van der Waals surface area contributed by atoms with Crippen molar-refractivity contribution in [2.75, 3.05) is 26.7 Å². The molecule has 0 aromatic heterocycles. The maximum absolute atomic E-state index is 9.95. The highest BCUT2D eigenvalue weighted by Crippen LogP contribution is 2.32. The summed E-state index contributed by atoms with van der Waals surface area (Å²) in [5.74, 6) is 1.24. The maximum Gasteiger partial charge on any atom is 0.119 e. The van der Waals surface area contributed by atoms with Gasteiger partial charge in [-0.3, -0.25) is 0 Å². The Labute approximate surface area is 121 Å². The molecule has 0 bridgehead atoms. The summed E-state index contributed by atoms with van der Waals surface area (Å²) < 4.78 is 5.55. The Morgan fingerprint density at radius 2 is 1.85 bits per heavy atom. The van der Waals surface area contributed by atoms with E-state index in [0.29, 0.717) is 19.0 Å². The van der Waals surface area contributed by atoms with Crippen LogP contribution in [0.5, 0.6) is 5.75 Å². The third-order valence-corrected chi connectivity index (χ3v) is 3.65. The summed E-state index contributed by atoms with van der Waals surface area (Å²) in [5.41, 5.74) is 1.19. The fourth-order valence-electron chi connectivity index (χ4n) is 2.26. The van der Waals surface area contributed by atoms with E-state index in [2.05, 4.69) is 0 Å². The number of rotatable bonds is 8. The van der Waals surface area contributed by atoms with Gasteiger partial charge >= 0.3 is 0 Å². The second-order valence-electron chi connectivity index (χ2n) is 5.90. The van der Waals surface area contributed by atoms with E-state index in [1.165, 1.54) is 5.56 Å². The van der Waals surface area contributed by atoms with Crippen LogP contribution < -0.4 is 4.74 Å². The van der Waals surface area contributed by atoms with Crippen molar-refractivity contribution < 1.29 is 14.9 Å². The second kappa shape index (κ2) is 7.07. The SMILES string of the molecule is Cc1ccc(OCC(O)CN(C)CC(O)C2CC2)cc1. The number of hydrogen-bond donors (Lipinski definition) is 2. The maximum atomic E-state index is 9.95. The van der Waals surface area contributed by atoms with Gasteiger partial charge in [0.25, 0.3) is 0 Å². The van der Waals surface area contributed by atoms with Crippen LogP contribution in [0.25, 0.3) is 0 Å². The normalized spacial score (nSPS) is 18.1. The van der Waals surface area contributed by atoms with Crippen LogP contribution in [0.1, 0.15) is 18.4 Å². The molecule has 0 amide bonds. The molecule has 2 N–H and O–H groups in total. The van der Waals surface area contributed by atoms with Gasteiger partial charge in [0.2, 0.25) is 0 Å². The Morgan fingerprint density at radius 1 is 1.20 bits per heavy atom. The number of aliphatic hydroxyl groups excluding tert-OH is 2. The molecular formula is C16H25NO3. The molecule has 1 aliphatic rings. The fraction of sp³-hybridized carbons (Fsp3) is 0.625. The summed E-state index contributed by atoms with van der Waals surface area (Å²) in [5, 5.41) is 19.8. The number of nitrogens with zero attached hydrogens (tertiary/aromatic N) is 1. The molecule has 1 aliphatic carbocycles. The summed E-state index contributed by atoms with van der Waals surface area (Å²) in [6.07, 6.45) is 1.46. The number of benzene rings is 1. The Hall–Kier alpha value is -1.10. The topological polar surface area (TPSA) is 52.9 Å². The Bertz CT molecular complexity index is 403. The summed E-state index contributed by atoms with van der Waals surface area (Å²) in [6, 6.07) is 7.78. The molecule has 4 nitrogen and oxygen atoms in total. The average Bonchev–Trinajstić information content (AvgIpc) is 3.22. The third-order valence-electron chi connectivity index (χ3n) is 3.65. The molecule has 1 aromatic rings. The molecule has 0 spiro atoms. The smallest absolute Gasteiger partial charge is 0.119 e. The minimum absolute atomic E-state index is 0.259. The van der Waals surface area contributed by atoms with E-state index in [-0.39, 0.29) is 12.7 Å². The van der Waals surface area contributed by atoms with Crippen LogP contribution in [-0.4, -0.2) is 54.1 Å². The van der Waals surface area contributed by atoms with E-state index < -0.39 is 6.10 Å². The molecule has 0 saturated heterocycles. The molecular weight excluding hydrogens is 254 g/mol. The molecule has 1 aromatic carbocycles. The van der Waals surface area contributed by atoms with Crippen LogP contribution in [0.2, 0.25) is 0 Å². The van der Waals surface area contributed by atoms with Crippen LogP contribution in [-0.2, 0) is 0 Å². The van der Waals surface area contributed by atoms with Crippen LogP contribution in [0.3, 0.4) is 0 Å². The third kappa shape index (κ3) is 5.12. The average molecular weight is 279 g/mol. The highest BCUT2D eigenvalue weighted by molar-refractivity contribution is 5.26. The molecule has 20 heavy (non-hydrogen) atoms. The molecule has 2 unspecified atom stereocenters. The van der Waals surface area contributed by atoms with Crippen molar-refractivity contribution in [3.8, 4) is 5.75 Å². The monoisotopic (exact) mass is 279 g/mol. The van der Waals surface area contributed by atoms with Crippen molar-refractivity contribution in [3.63, 3.8) is 0 Å². The van der Waals surface area contributed by atoms with Gasteiger partial charge in [0.15, 0.2) is 0 Å². The lowest BCUT2D eigenvalue weighted by Crippen LogP contribution is -2.38. The van der Waals surface area contributed by atoms with Gasteiger partial charge in [0.05, 0.1) is 6.10 Å². The number of aryl methyl sites for hydroxylation is 1. The van der Waals surface area contributed by atoms with Gasteiger partial charge < -0.3 is 19.8 Å². The highest BCUT2D eigenvalue weighted by Gasteiger charge is 2.30. The standard InChI is InChI=1S/C16H25NO3/c1-12-3-7-15(8-4-12)20-11-14(18)9-17(2)10-16(19)13-5-6-13/h3-4,7-8,13-14,16,18-19H,5-6,9-11H2,1-2H3. The Balaban J connectivity index is 1.66. The predicted molar refractivity (Wildman–Crippen MR) is 78.9 cm³/mol. The number of aliphatic hydroxyl groups is 2. The van der Waals surface area contributed by atoms with Crippen molar-refractivity contribution in [2.45, 2.75) is 32.0 Å². The summed E-state index contributed by atoms with van der Waals surface area (Å²) in [4.78, 5) is 1.96. The highest BCUT2D eigenvalue weighted by atomic mass is 16.5. The molecule has 4 heteroatoms. The zero-order valence-electron chi connectivity index (χ0n) is 12.3. The van der Waals surface area contributed by atoms with Gasteiger partial charge in [-0.25, -0.2) is 0 Å². The first-order valence-electron chi connectivity index (χ1n) is 7.28. The summed E-state index contributed by atoms with van der Waals surface area (Å²) >= 11 is 0. The van der Waals surface area contributed by atoms with E-state index in [4.69, 9.17) is 4.74 Å². The molecule has 0 aliphatic heterocycles. The van der Waals surface area contributed by atoms with Crippen LogP contribution in [0.15, 0.2) is 24.3 Å². The van der Waals surface area contributed by atoms with E-state index in [0.717, 1.165) is 18.6 Å². The lowest BCUT2D eigenvalue weighted by atomic mass is 10.2. The quantitative estimate of drug-likeness (QED) is 0.756. The molecule has 1 saturated carbocycles. The van der Waals surface area contributed by atoms with Crippen molar-refractivity contribution in [2.24, 2.45) is 5.92 Å². The van der Waals surface area contributed by atoms with Crippen molar-refractivity contribution >= 4 is 0 Å². The van der Waals surface area contributed by atoms with E-state index >= 15 is 0 Å². The number of hydrogen-bond acceptors (Lipinski definition) is 4. The largest absolute Gasteiger partial charge is 0.491 e. The molecule has 0 radical (unpaired) electrons. The van der Waals surface area contributed by atoms with Gasteiger partial charge in [-0.2, -0.15) is 0 Å². The number of likely N-dealkylation sites (N-methyl/N-ethyl adjacent to an activating group) is 1. The van der Waals surface area contributed by atoms with Gasteiger partial charge in [0, 0.05) is 13.1 Å². The molecule has 112 valence electrons. The molecule has 1 fully saturated rings. The first-order valence-corrected chi connectivity index (χ1v) is 7.28. The van der Waals surface area contributed by atoms with Gasteiger partial charge in [-0.05, 0) is 44.9 Å². The Morgan fingerprint density at radius 3 is 2.45 bits per heavy atom. The Kier molecular flexibility index (Phi) is 5.40. The zero-order valence-corrected chi connectivity index (χ0v) is 12.3. The minimum atomic E-state index is -0.548. The molecule has 2 atom stereocenters. The van der Waals surface area contributed by atoms with E-state index in [1.54, 1.807) is 0 Å². The summed E-state index contributed by atoms with van der Waals surface area (Å²) in [6.45, 7) is 3.42. The molecule has 0 heterocycles. The van der Waals surface area contributed by atoms with Crippen molar-refractivity contribution in [3.05, 3.63) is 29.8 Å². The minimum Gasteiger partial charge on any atom is -0.491 e. The summed E-state index contributed by atoms with van der Waals surface area (Å²) in [7, 11) is 1.92. The molecule has 2 rings (SSSR count). The van der Waals surface area contributed by atoms with Crippen LogP contribution in [0, 0.1) is 12.8 Å². The first kappa shape index (κ1) is 15.3. The second-order valence-corrected chi connectivity index (χ2v) is 5.90. The zero-order chi connectivity index (χ0) is 14.5. The van der Waals surface area contributed by atoms with Crippen LogP contribution >= 0.6 is 0 Å². The fourth-order valence-corrected chi connectivity index (χ4v) is 2.26. The van der Waals surface area contributed by atoms with Gasteiger partial charge in [-0.15, -0.1) is 0 Å². The predicted octanol–water partition coefficient (Wildman–Crippen LogP) is 1.44. The number of ether oxygens (including phenoxy) is 1. The van der Waals surface area contributed by atoms with Crippen molar-refractivity contribution in [1.82, 2.24) is 4.90 Å². The van der Waals surface area contributed by atoms with E-state index in [1.807, 2.05) is 43.1 Å². The van der Waals surface area contributed by atoms with Gasteiger partial charge in [0.1, 0.15) is 18.5 Å². The lowest BCUT2D eigenvalue weighted by molar-refractivity contribution is 0.0509. The van der Waals surface area contributed by atoms with E-state index in [9.17, 15) is 10.2 Å². The first-order chi connectivity index (χ1) is 9.54. The van der Waals surface area contributed by atoms with Crippen LogP contribution in [0.4, 0.5) is 0 Å². The van der Waals surface area contributed by atoms with Gasteiger partial charge in [-0.1, -0.05) is 17.7 Å².